The molecule has 0 aromatic heterocycles. The molecule has 176 valence electrons. The summed E-state index contributed by atoms with van der Waals surface area (Å²) in [5.74, 6) is 0. The molecule has 4 nitrogen and oxygen atoms in total. The molecule has 0 saturated heterocycles. The number of unbranched alkanes of at least 4 members (excludes halogenated alkanes) is 14. The van der Waals surface area contributed by atoms with Crippen LogP contribution < -0.4 is 0 Å². The largest absolute Gasteiger partial charge is 0.397 e. The molecular weight excluding hydrogens is 405 g/mol. The molecule has 29 heavy (non-hydrogen) atoms. The maximum absolute atomic E-state index is 12.0. The maximum atomic E-state index is 12.0. The second-order valence-electron chi connectivity index (χ2n) is 8.69. The number of alkyl halides is 3. The van der Waals surface area contributed by atoms with E-state index in [9.17, 15) is 21.6 Å². The summed E-state index contributed by atoms with van der Waals surface area (Å²) in [4.78, 5) is 0. The van der Waals surface area contributed by atoms with E-state index in [0.29, 0.717) is 12.8 Å². The number of hydrogen-bond donors (Lipinski definition) is 1. The van der Waals surface area contributed by atoms with Crippen molar-refractivity contribution in [2.75, 3.05) is 0 Å². The molecule has 0 aliphatic rings. The Morgan fingerprint density at radius 3 is 1.17 bits per heavy atom. The van der Waals surface area contributed by atoms with E-state index in [4.69, 9.17) is 4.55 Å². The summed E-state index contributed by atoms with van der Waals surface area (Å²) in [5.41, 5.74) is -0.864. The first-order valence-electron chi connectivity index (χ1n) is 11.2. The molecule has 0 amide bonds. The minimum Gasteiger partial charge on any atom is -0.264 e. The highest BCUT2D eigenvalue weighted by Gasteiger charge is 2.26. The van der Waals surface area contributed by atoms with Gasteiger partial charge in [0.05, 0.1) is 5.60 Å². The van der Waals surface area contributed by atoms with Crippen molar-refractivity contribution in [1.29, 1.82) is 0 Å². The third kappa shape index (κ3) is 23.8. The van der Waals surface area contributed by atoms with Crippen LogP contribution in [0.25, 0.3) is 0 Å². The molecule has 0 saturated carbocycles. The Morgan fingerprint density at radius 1 is 0.621 bits per heavy atom. The predicted octanol–water partition coefficient (Wildman–Crippen LogP) is 7.78. The molecule has 0 radical (unpaired) electrons. The topological polar surface area (TPSA) is 63.6 Å². The molecule has 0 spiro atoms. The summed E-state index contributed by atoms with van der Waals surface area (Å²) in [6, 6.07) is 0. The van der Waals surface area contributed by atoms with Crippen LogP contribution in [0.2, 0.25) is 0 Å². The van der Waals surface area contributed by atoms with Crippen molar-refractivity contribution >= 4 is 10.4 Å². The molecule has 0 aliphatic carbocycles. The standard InChI is InChI=1S/C21H41F3O4S/c1-20(2,28-29(25,26)27)18-16-14-12-10-8-6-4-3-5-7-9-11-13-15-17-19-21(22,23)24/h3-19H2,1-2H3,(H,25,26,27). The zero-order valence-electron chi connectivity index (χ0n) is 18.2. The summed E-state index contributed by atoms with van der Waals surface area (Å²) >= 11 is 0. The Hall–Kier alpha value is -0.340. The molecule has 0 unspecified atom stereocenters. The fourth-order valence-electron chi connectivity index (χ4n) is 3.50. The Kier molecular flexibility index (Phi) is 15.3. The molecule has 8 heteroatoms. The number of hydrogen-bond acceptors (Lipinski definition) is 3. The van der Waals surface area contributed by atoms with Gasteiger partial charge in [-0.05, 0) is 26.7 Å². The van der Waals surface area contributed by atoms with Gasteiger partial charge in [0.2, 0.25) is 0 Å². The van der Waals surface area contributed by atoms with E-state index < -0.39 is 28.6 Å². The molecule has 0 aromatic rings. The molecule has 0 bridgehead atoms. The monoisotopic (exact) mass is 446 g/mol. The first-order chi connectivity index (χ1) is 13.4. The third-order valence-electron chi connectivity index (χ3n) is 5.07. The van der Waals surface area contributed by atoms with E-state index in [2.05, 4.69) is 4.18 Å². The fourth-order valence-corrected chi connectivity index (χ4v) is 4.15. The van der Waals surface area contributed by atoms with Gasteiger partial charge in [0.25, 0.3) is 0 Å². The van der Waals surface area contributed by atoms with Crippen LogP contribution in [0.4, 0.5) is 13.2 Å². The van der Waals surface area contributed by atoms with Gasteiger partial charge >= 0.3 is 16.6 Å². The van der Waals surface area contributed by atoms with Crippen LogP contribution in [0.3, 0.4) is 0 Å². The van der Waals surface area contributed by atoms with Gasteiger partial charge in [-0.15, -0.1) is 0 Å². The van der Waals surface area contributed by atoms with Crippen LogP contribution in [0.5, 0.6) is 0 Å². The first kappa shape index (κ1) is 28.7. The summed E-state index contributed by atoms with van der Waals surface area (Å²) in [5, 5.41) is 0. The minimum atomic E-state index is -4.40. The minimum absolute atomic E-state index is 0.263. The van der Waals surface area contributed by atoms with Gasteiger partial charge < -0.3 is 0 Å². The van der Waals surface area contributed by atoms with Gasteiger partial charge in [0.15, 0.2) is 0 Å². The number of rotatable bonds is 19. The molecule has 0 aliphatic heterocycles. The summed E-state index contributed by atoms with van der Waals surface area (Å²) < 4.78 is 70.9. The highest BCUT2D eigenvalue weighted by Crippen LogP contribution is 2.23. The molecule has 1 N–H and O–H groups in total. The van der Waals surface area contributed by atoms with E-state index in [1.807, 2.05) is 0 Å². The second kappa shape index (κ2) is 15.5. The zero-order valence-corrected chi connectivity index (χ0v) is 19.1. The average Bonchev–Trinajstić information content (AvgIpc) is 2.54. The molecule has 0 rings (SSSR count). The van der Waals surface area contributed by atoms with E-state index in [-0.39, 0.29) is 6.42 Å². The lowest BCUT2D eigenvalue weighted by atomic mass is 9.99. The lowest BCUT2D eigenvalue weighted by molar-refractivity contribution is -0.135. The quantitative estimate of drug-likeness (QED) is 0.162. The van der Waals surface area contributed by atoms with Crippen LogP contribution in [0.15, 0.2) is 0 Å². The lowest BCUT2D eigenvalue weighted by Gasteiger charge is -2.22. The van der Waals surface area contributed by atoms with Crippen LogP contribution in [-0.4, -0.2) is 24.7 Å². The van der Waals surface area contributed by atoms with Crippen LogP contribution >= 0.6 is 0 Å². The molecule has 0 atom stereocenters. The molecular formula is C21H41F3O4S. The van der Waals surface area contributed by atoms with E-state index in [0.717, 1.165) is 38.5 Å². The van der Waals surface area contributed by atoms with Crippen LogP contribution in [0.1, 0.15) is 123 Å². The van der Waals surface area contributed by atoms with E-state index in [1.165, 1.54) is 44.9 Å². The molecule has 0 heterocycles. The van der Waals surface area contributed by atoms with Crippen molar-refractivity contribution in [3.63, 3.8) is 0 Å². The van der Waals surface area contributed by atoms with Crippen molar-refractivity contribution in [2.24, 2.45) is 0 Å². The van der Waals surface area contributed by atoms with Gasteiger partial charge in [-0.1, -0.05) is 89.9 Å². The Labute approximate surface area is 175 Å². The van der Waals surface area contributed by atoms with Gasteiger partial charge in [-0.3, -0.25) is 4.55 Å². The van der Waals surface area contributed by atoms with Gasteiger partial charge in [-0.25, -0.2) is 4.18 Å². The summed E-state index contributed by atoms with van der Waals surface area (Å²) in [6.07, 6.45) is 11.5. The van der Waals surface area contributed by atoms with Crippen molar-refractivity contribution in [3.05, 3.63) is 0 Å². The van der Waals surface area contributed by atoms with E-state index >= 15 is 0 Å². The Bertz CT molecular complexity index is 491. The highest BCUT2D eigenvalue weighted by atomic mass is 32.3. The molecule has 0 fully saturated rings. The predicted molar refractivity (Wildman–Crippen MR) is 111 cm³/mol. The Morgan fingerprint density at radius 2 is 0.897 bits per heavy atom. The SMILES string of the molecule is CC(C)(CCCCCCCCCCCCCCCCCC(F)(F)F)OS(=O)(=O)O. The normalized spacial score (nSPS) is 13.2. The number of halogens is 3. The van der Waals surface area contributed by atoms with Gasteiger partial charge in [-0.2, -0.15) is 21.6 Å². The maximum Gasteiger partial charge on any atom is 0.397 e. The van der Waals surface area contributed by atoms with Crippen molar-refractivity contribution in [2.45, 2.75) is 135 Å². The van der Waals surface area contributed by atoms with Crippen molar-refractivity contribution in [1.82, 2.24) is 0 Å². The van der Waals surface area contributed by atoms with Gasteiger partial charge in [0, 0.05) is 6.42 Å². The summed E-state index contributed by atoms with van der Waals surface area (Å²) in [7, 11) is -4.40. The molecule has 0 aromatic carbocycles. The fraction of sp³-hybridized carbons (Fsp3) is 1.00. The second-order valence-corrected chi connectivity index (χ2v) is 9.71. The Balaban J connectivity index is 3.28. The first-order valence-corrected chi connectivity index (χ1v) is 12.5. The zero-order chi connectivity index (χ0) is 22.2. The third-order valence-corrected chi connectivity index (χ3v) is 5.73. The van der Waals surface area contributed by atoms with E-state index in [1.54, 1.807) is 13.8 Å². The lowest BCUT2D eigenvalue weighted by Crippen LogP contribution is -2.27. The van der Waals surface area contributed by atoms with Crippen molar-refractivity contribution < 1.29 is 30.3 Å². The smallest absolute Gasteiger partial charge is 0.264 e. The highest BCUT2D eigenvalue weighted by molar-refractivity contribution is 7.80. The summed E-state index contributed by atoms with van der Waals surface area (Å²) in [6.45, 7) is 3.32. The van der Waals surface area contributed by atoms with Gasteiger partial charge in [0.1, 0.15) is 0 Å². The average molecular weight is 447 g/mol. The van der Waals surface area contributed by atoms with Crippen molar-refractivity contribution in [3.8, 4) is 0 Å². The van der Waals surface area contributed by atoms with Crippen LogP contribution in [0, 0.1) is 0 Å². The van der Waals surface area contributed by atoms with Crippen LogP contribution in [-0.2, 0) is 14.6 Å².